The molecule has 2 aromatic rings. The van der Waals surface area contributed by atoms with Crippen LogP contribution in [0.5, 0.6) is 5.75 Å². The Hall–Kier alpha value is -2.34. The molecule has 23 heavy (non-hydrogen) atoms. The van der Waals surface area contributed by atoms with E-state index >= 15 is 0 Å². The smallest absolute Gasteiger partial charge is 0.261 e. The minimum absolute atomic E-state index is 0.137. The van der Waals surface area contributed by atoms with Crippen molar-refractivity contribution in [2.45, 2.75) is 6.54 Å². The van der Waals surface area contributed by atoms with Crippen molar-refractivity contribution in [3.8, 4) is 5.75 Å². The quantitative estimate of drug-likeness (QED) is 0.596. The van der Waals surface area contributed by atoms with Crippen molar-refractivity contribution in [1.82, 2.24) is 5.32 Å². The van der Waals surface area contributed by atoms with Gasteiger partial charge in [0, 0.05) is 16.6 Å². The predicted molar refractivity (Wildman–Crippen MR) is 92.5 cm³/mol. The Morgan fingerprint density at radius 2 is 1.96 bits per heavy atom. The monoisotopic (exact) mass is 376 g/mol. The molecule has 0 fully saturated rings. The number of benzene rings is 2. The maximum Gasteiger partial charge on any atom is 0.261 e. The number of carbonyl (C=O) groups is 1. The first-order chi connectivity index (χ1) is 11.2. The molecule has 0 atom stereocenters. The fraction of sp³-hybridized carbons (Fsp3) is 0.176. The summed E-state index contributed by atoms with van der Waals surface area (Å²) in [6, 6.07) is 15.1. The van der Waals surface area contributed by atoms with Gasteiger partial charge >= 0.3 is 0 Å². The number of rotatable bonds is 7. The molecule has 0 heterocycles. The zero-order chi connectivity index (χ0) is 16.5. The van der Waals surface area contributed by atoms with Crippen molar-refractivity contribution in [2.75, 3.05) is 13.7 Å². The van der Waals surface area contributed by atoms with Crippen molar-refractivity contribution >= 4 is 28.1 Å². The molecular formula is C17H17BrN2O3. The summed E-state index contributed by atoms with van der Waals surface area (Å²) in [6.07, 6.45) is 1.56. The van der Waals surface area contributed by atoms with E-state index in [0.717, 1.165) is 21.3 Å². The number of methoxy groups -OCH3 is 1. The summed E-state index contributed by atoms with van der Waals surface area (Å²) in [5.41, 5.74) is 1.80. The number of nitrogens with zero attached hydrogens (tertiary/aromatic N) is 1. The van der Waals surface area contributed by atoms with Gasteiger partial charge < -0.3 is 14.9 Å². The van der Waals surface area contributed by atoms with Gasteiger partial charge in [-0.3, -0.25) is 4.79 Å². The standard InChI is InChI=1S/C17H17BrN2O3/c1-22-16-5-3-2-4-14(16)11-19-17(21)12-23-20-10-13-6-8-15(18)9-7-13/h2-10H,11-12H2,1H3,(H,19,21)/b20-10-. The summed E-state index contributed by atoms with van der Waals surface area (Å²) < 4.78 is 6.22. The molecule has 0 bridgehead atoms. The van der Waals surface area contributed by atoms with E-state index < -0.39 is 0 Å². The second-order valence-corrected chi connectivity index (χ2v) is 5.56. The molecule has 1 N–H and O–H groups in total. The topological polar surface area (TPSA) is 59.9 Å². The highest BCUT2D eigenvalue weighted by molar-refractivity contribution is 9.10. The Kier molecular flexibility index (Phi) is 6.62. The molecule has 1 amide bonds. The van der Waals surface area contributed by atoms with E-state index in [1.807, 2.05) is 48.5 Å². The molecule has 5 nitrogen and oxygen atoms in total. The molecule has 0 aliphatic carbocycles. The highest BCUT2D eigenvalue weighted by atomic mass is 79.9. The highest BCUT2D eigenvalue weighted by Crippen LogP contribution is 2.16. The van der Waals surface area contributed by atoms with Gasteiger partial charge in [0.15, 0.2) is 6.61 Å². The first-order valence-electron chi connectivity index (χ1n) is 6.98. The molecule has 120 valence electrons. The van der Waals surface area contributed by atoms with Crippen LogP contribution < -0.4 is 10.1 Å². The first kappa shape index (κ1) is 17.0. The normalized spacial score (nSPS) is 10.5. The van der Waals surface area contributed by atoms with Crippen molar-refractivity contribution in [1.29, 1.82) is 0 Å². The van der Waals surface area contributed by atoms with Crippen LogP contribution in [0.2, 0.25) is 0 Å². The number of oxime groups is 1. The summed E-state index contributed by atoms with van der Waals surface area (Å²) in [5, 5.41) is 6.53. The zero-order valence-electron chi connectivity index (χ0n) is 12.7. The molecule has 6 heteroatoms. The maximum absolute atomic E-state index is 11.7. The molecule has 0 aliphatic heterocycles. The predicted octanol–water partition coefficient (Wildman–Crippen LogP) is 3.12. The number of halogens is 1. The van der Waals surface area contributed by atoms with Crippen LogP contribution in [0.3, 0.4) is 0 Å². The number of para-hydroxylation sites is 1. The third-order valence-corrected chi connectivity index (χ3v) is 3.54. The minimum atomic E-state index is -0.246. The zero-order valence-corrected chi connectivity index (χ0v) is 14.2. The van der Waals surface area contributed by atoms with Crippen LogP contribution in [0.15, 0.2) is 58.2 Å². The summed E-state index contributed by atoms with van der Waals surface area (Å²) in [4.78, 5) is 16.7. The fourth-order valence-corrected chi connectivity index (χ4v) is 2.10. The van der Waals surface area contributed by atoms with Crippen molar-refractivity contribution in [2.24, 2.45) is 5.16 Å². The molecular weight excluding hydrogens is 360 g/mol. The Bertz CT molecular complexity index is 672. The molecule has 0 unspecified atom stereocenters. The average molecular weight is 377 g/mol. The van der Waals surface area contributed by atoms with Crippen LogP contribution in [-0.2, 0) is 16.2 Å². The van der Waals surface area contributed by atoms with Crippen LogP contribution >= 0.6 is 15.9 Å². The lowest BCUT2D eigenvalue weighted by Crippen LogP contribution is -2.26. The molecule has 0 saturated heterocycles. The van der Waals surface area contributed by atoms with Gasteiger partial charge in [0.05, 0.1) is 13.3 Å². The largest absolute Gasteiger partial charge is 0.496 e. The number of hydrogen-bond donors (Lipinski definition) is 1. The highest BCUT2D eigenvalue weighted by Gasteiger charge is 2.05. The van der Waals surface area contributed by atoms with Gasteiger partial charge in [-0.25, -0.2) is 0 Å². The first-order valence-corrected chi connectivity index (χ1v) is 7.78. The summed E-state index contributed by atoms with van der Waals surface area (Å²) in [5.74, 6) is 0.492. The van der Waals surface area contributed by atoms with Crippen LogP contribution in [0.1, 0.15) is 11.1 Å². The van der Waals surface area contributed by atoms with Gasteiger partial charge in [-0.2, -0.15) is 0 Å². The minimum Gasteiger partial charge on any atom is -0.496 e. The summed E-state index contributed by atoms with van der Waals surface area (Å²) >= 11 is 3.36. The van der Waals surface area contributed by atoms with Crippen LogP contribution in [-0.4, -0.2) is 25.8 Å². The third-order valence-electron chi connectivity index (χ3n) is 3.01. The van der Waals surface area contributed by atoms with Crippen molar-refractivity contribution < 1.29 is 14.4 Å². The van der Waals surface area contributed by atoms with Gasteiger partial charge in [-0.1, -0.05) is 51.4 Å². The molecule has 0 saturated carbocycles. The molecule has 0 spiro atoms. The maximum atomic E-state index is 11.7. The van der Waals surface area contributed by atoms with E-state index in [0.29, 0.717) is 6.54 Å². The number of amides is 1. The number of ether oxygens (including phenoxy) is 1. The van der Waals surface area contributed by atoms with Gasteiger partial charge in [-0.15, -0.1) is 0 Å². The second kappa shape index (κ2) is 8.95. The van der Waals surface area contributed by atoms with Crippen molar-refractivity contribution in [3.63, 3.8) is 0 Å². The molecule has 0 aromatic heterocycles. The number of carbonyl (C=O) groups excluding carboxylic acids is 1. The molecule has 0 radical (unpaired) electrons. The summed E-state index contributed by atoms with van der Waals surface area (Å²) in [6.45, 7) is 0.241. The Balaban J connectivity index is 1.74. The van der Waals surface area contributed by atoms with Crippen LogP contribution in [0.25, 0.3) is 0 Å². The van der Waals surface area contributed by atoms with Gasteiger partial charge in [0.2, 0.25) is 0 Å². The van der Waals surface area contributed by atoms with E-state index in [1.54, 1.807) is 13.3 Å². The number of hydrogen-bond acceptors (Lipinski definition) is 4. The van der Waals surface area contributed by atoms with E-state index in [-0.39, 0.29) is 12.5 Å². The van der Waals surface area contributed by atoms with E-state index in [1.165, 1.54) is 0 Å². The lowest BCUT2D eigenvalue weighted by Gasteiger charge is -2.08. The van der Waals surface area contributed by atoms with E-state index in [4.69, 9.17) is 9.57 Å². The van der Waals surface area contributed by atoms with Gasteiger partial charge in [0.1, 0.15) is 5.75 Å². The van der Waals surface area contributed by atoms with Crippen LogP contribution in [0.4, 0.5) is 0 Å². The Morgan fingerprint density at radius 3 is 2.70 bits per heavy atom. The fourth-order valence-electron chi connectivity index (χ4n) is 1.84. The number of nitrogens with one attached hydrogen (secondary N) is 1. The SMILES string of the molecule is COc1ccccc1CNC(=O)CO/N=C\c1ccc(Br)cc1. The third kappa shape index (κ3) is 5.75. The Morgan fingerprint density at radius 1 is 1.22 bits per heavy atom. The van der Waals surface area contributed by atoms with E-state index in [2.05, 4.69) is 26.4 Å². The summed E-state index contributed by atoms with van der Waals surface area (Å²) in [7, 11) is 1.60. The lowest BCUT2D eigenvalue weighted by molar-refractivity contribution is -0.125. The van der Waals surface area contributed by atoms with Gasteiger partial charge in [0.25, 0.3) is 5.91 Å². The van der Waals surface area contributed by atoms with Crippen molar-refractivity contribution in [3.05, 3.63) is 64.1 Å². The molecule has 2 aromatic carbocycles. The molecule has 0 aliphatic rings. The van der Waals surface area contributed by atoms with Crippen LogP contribution in [0, 0.1) is 0 Å². The van der Waals surface area contributed by atoms with Gasteiger partial charge in [-0.05, 0) is 23.8 Å². The molecule has 2 rings (SSSR count). The average Bonchev–Trinajstić information content (AvgIpc) is 2.58. The second-order valence-electron chi connectivity index (χ2n) is 4.65. The van der Waals surface area contributed by atoms with E-state index in [9.17, 15) is 4.79 Å². The Labute approximate surface area is 143 Å². The lowest BCUT2D eigenvalue weighted by atomic mass is 10.2.